The molecule has 5 nitrogen and oxygen atoms in total. The molecule has 0 unspecified atom stereocenters. The first-order valence-electron chi connectivity index (χ1n) is 8.78. The van der Waals surface area contributed by atoms with E-state index in [9.17, 15) is 4.79 Å². The van der Waals surface area contributed by atoms with E-state index in [-0.39, 0.29) is 11.9 Å². The second kappa shape index (κ2) is 6.97. The first-order valence-corrected chi connectivity index (χ1v) is 8.78. The van der Waals surface area contributed by atoms with Crippen LogP contribution in [-0.4, -0.2) is 37.7 Å². The van der Waals surface area contributed by atoms with Gasteiger partial charge in [-0.2, -0.15) is 5.10 Å². The zero-order valence-electron chi connectivity index (χ0n) is 14.2. The molecule has 0 N–H and O–H groups in total. The van der Waals surface area contributed by atoms with Crippen LogP contribution in [0, 0.1) is 0 Å². The molecule has 1 aliphatic rings. The van der Waals surface area contributed by atoms with Gasteiger partial charge in [0.15, 0.2) is 0 Å². The monoisotopic (exact) mass is 334 g/mol. The minimum Gasteiger partial charge on any atom is -0.350 e. The molecule has 1 amide bonds. The van der Waals surface area contributed by atoms with E-state index in [2.05, 4.69) is 9.67 Å². The lowest BCUT2D eigenvalue weighted by molar-refractivity contribution is 0.0721. The lowest BCUT2D eigenvalue weighted by Crippen LogP contribution is -2.38. The van der Waals surface area contributed by atoms with Crippen LogP contribution in [0.5, 0.6) is 0 Å². The van der Waals surface area contributed by atoms with Gasteiger partial charge in [-0.3, -0.25) is 9.48 Å². The third kappa shape index (κ3) is 3.50. The van der Waals surface area contributed by atoms with Gasteiger partial charge in [-0.15, -0.1) is 0 Å². The maximum Gasteiger partial charge on any atom is 0.254 e. The number of likely N-dealkylation sites (tertiary alicyclic amines) is 1. The van der Waals surface area contributed by atoms with Gasteiger partial charge >= 0.3 is 0 Å². The molecule has 3 aromatic rings. The van der Waals surface area contributed by atoms with E-state index in [4.69, 9.17) is 0 Å². The minimum atomic E-state index is 0.127. The summed E-state index contributed by atoms with van der Waals surface area (Å²) in [6, 6.07) is 14.2. The summed E-state index contributed by atoms with van der Waals surface area (Å²) in [6.45, 7) is 2.42. The zero-order valence-corrected chi connectivity index (χ0v) is 14.2. The molecule has 1 aliphatic heterocycles. The summed E-state index contributed by atoms with van der Waals surface area (Å²) in [7, 11) is 0. The first kappa shape index (κ1) is 15.7. The molecule has 1 aromatic carbocycles. The van der Waals surface area contributed by atoms with Crippen molar-refractivity contribution in [1.82, 2.24) is 19.2 Å². The van der Waals surface area contributed by atoms with Crippen LogP contribution >= 0.6 is 0 Å². The first-order chi connectivity index (χ1) is 12.3. The molecule has 128 valence electrons. The second-order valence-electron chi connectivity index (χ2n) is 6.58. The van der Waals surface area contributed by atoms with Crippen molar-refractivity contribution < 1.29 is 4.79 Å². The predicted octanol–water partition coefficient (Wildman–Crippen LogP) is 3.04. The lowest BCUT2D eigenvalue weighted by Gasteiger charge is -2.25. The topological polar surface area (TPSA) is 43.1 Å². The molecule has 3 heterocycles. The van der Waals surface area contributed by atoms with Crippen molar-refractivity contribution in [3.8, 4) is 0 Å². The average molecular weight is 334 g/mol. The largest absolute Gasteiger partial charge is 0.350 e. The molecule has 2 aromatic heterocycles. The van der Waals surface area contributed by atoms with E-state index >= 15 is 0 Å². The fourth-order valence-electron chi connectivity index (χ4n) is 3.52. The number of amides is 1. The SMILES string of the molecule is O=C(c1ccc(Cn2cccc2)cc1)N1CCC[C@@H]1Cn1cccn1. The molecule has 0 spiro atoms. The summed E-state index contributed by atoms with van der Waals surface area (Å²) in [5.74, 6) is 0.127. The molecular weight excluding hydrogens is 312 g/mol. The molecule has 0 aliphatic carbocycles. The molecule has 1 atom stereocenters. The van der Waals surface area contributed by atoms with Crippen molar-refractivity contribution in [3.05, 3.63) is 78.4 Å². The maximum absolute atomic E-state index is 12.9. The molecule has 1 fully saturated rings. The molecular formula is C20H22N4O. The smallest absolute Gasteiger partial charge is 0.254 e. The maximum atomic E-state index is 12.9. The Morgan fingerprint density at radius 3 is 2.60 bits per heavy atom. The fraction of sp³-hybridized carbons (Fsp3) is 0.300. The Bertz CT molecular complexity index is 806. The van der Waals surface area contributed by atoms with Gasteiger partial charge in [-0.05, 0) is 48.7 Å². The molecule has 0 saturated carbocycles. The van der Waals surface area contributed by atoms with Crippen LogP contribution in [0.1, 0.15) is 28.8 Å². The lowest BCUT2D eigenvalue weighted by atomic mass is 10.1. The molecule has 25 heavy (non-hydrogen) atoms. The van der Waals surface area contributed by atoms with Crippen LogP contribution < -0.4 is 0 Å². The van der Waals surface area contributed by atoms with Crippen molar-refractivity contribution in [3.63, 3.8) is 0 Å². The van der Waals surface area contributed by atoms with Crippen molar-refractivity contribution in [2.45, 2.75) is 32.0 Å². The van der Waals surface area contributed by atoms with Gasteiger partial charge in [-0.25, -0.2) is 0 Å². The van der Waals surface area contributed by atoms with Crippen LogP contribution in [0.4, 0.5) is 0 Å². The van der Waals surface area contributed by atoms with Gasteiger partial charge in [0.1, 0.15) is 0 Å². The molecule has 0 radical (unpaired) electrons. The minimum absolute atomic E-state index is 0.127. The standard InChI is InChI=1S/C20H22N4O/c25-20(24-14-3-5-19(24)16-23-13-4-10-21-23)18-8-6-17(7-9-18)15-22-11-1-2-12-22/h1-2,4,6-13,19H,3,5,14-16H2/t19-/m1/s1. The molecule has 1 saturated heterocycles. The summed E-state index contributed by atoms with van der Waals surface area (Å²) in [6.07, 6.45) is 9.93. The summed E-state index contributed by atoms with van der Waals surface area (Å²) < 4.78 is 4.04. The second-order valence-corrected chi connectivity index (χ2v) is 6.58. The number of hydrogen-bond acceptors (Lipinski definition) is 2. The van der Waals surface area contributed by atoms with E-state index < -0.39 is 0 Å². The Morgan fingerprint density at radius 2 is 1.88 bits per heavy atom. The van der Waals surface area contributed by atoms with Crippen LogP contribution in [0.25, 0.3) is 0 Å². The Kier molecular flexibility index (Phi) is 4.37. The van der Waals surface area contributed by atoms with Crippen LogP contribution in [0.2, 0.25) is 0 Å². The van der Waals surface area contributed by atoms with Gasteiger partial charge < -0.3 is 9.47 Å². The summed E-state index contributed by atoms with van der Waals surface area (Å²) >= 11 is 0. The fourth-order valence-corrected chi connectivity index (χ4v) is 3.52. The zero-order chi connectivity index (χ0) is 17.1. The van der Waals surface area contributed by atoms with Gasteiger partial charge in [0.05, 0.1) is 12.6 Å². The number of benzene rings is 1. The van der Waals surface area contributed by atoms with Gasteiger partial charge in [0, 0.05) is 43.4 Å². The summed E-state index contributed by atoms with van der Waals surface area (Å²) in [4.78, 5) is 14.9. The Labute approximate surface area is 147 Å². The van der Waals surface area contributed by atoms with Crippen LogP contribution in [0.15, 0.2) is 67.3 Å². The van der Waals surface area contributed by atoms with Crippen molar-refractivity contribution in [2.24, 2.45) is 0 Å². The van der Waals surface area contributed by atoms with Gasteiger partial charge in [0.2, 0.25) is 0 Å². The number of rotatable bonds is 5. The Balaban J connectivity index is 1.44. The van der Waals surface area contributed by atoms with E-state index in [1.54, 1.807) is 6.20 Å². The average Bonchev–Trinajstić information content (AvgIpc) is 3.38. The highest BCUT2D eigenvalue weighted by Crippen LogP contribution is 2.21. The quantitative estimate of drug-likeness (QED) is 0.720. The third-order valence-corrected chi connectivity index (χ3v) is 4.83. The van der Waals surface area contributed by atoms with Crippen molar-refractivity contribution >= 4 is 5.91 Å². The third-order valence-electron chi connectivity index (χ3n) is 4.83. The van der Waals surface area contributed by atoms with E-state index in [0.717, 1.165) is 38.0 Å². The number of nitrogens with zero attached hydrogens (tertiary/aromatic N) is 4. The molecule has 0 bridgehead atoms. The normalized spacial score (nSPS) is 17.1. The summed E-state index contributed by atoms with van der Waals surface area (Å²) in [5.41, 5.74) is 1.96. The van der Waals surface area contributed by atoms with Crippen LogP contribution in [0.3, 0.4) is 0 Å². The predicted molar refractivity (Wildman–Crippen MR) is 96.3 cm³/mol. The van der Waals surface area contributed by atoms with Gasteiger partial charge in [0.25, 0.3) is 5.91 Å². The van der Waals surface area contributed by atoms with Crippen molar-refractivity contribution in [1.29, 1.82) is 0 Å². The number of aromatic nitrogens is 3. The molecule has 5 heteroatoms. The van der Waals surface area contributed by atoms with Gasteiger partial charge in [-0.1, -0.05) is 12.1 Å². The van der Waals surface area contributed by atoms with Crippen LogP contribution in [-0.2, 0) is 13.1 Å². The number of carbonyl (C=O) groups excluding carboxylic acids is 1. The Morgan fingerprint density at radius 1 is 1.08 bits per heavy atom. The van der Waals surface area contributed by atoms with E-state index in [0.29, 0.717) is 0 Å². The Hall–Kier alpha value is -2.82. The number of hydrogen-bond donors (Lipinski definition) is 0. The molecule has 4 rings (SSSR count). The summed E-state index contributed by atoms with van der Waals surface area (Å²) in [5, 5.41) is 4.27. The highest BCUT2D eigenvalue weighted by atomic mass is 16.2. The highest BCUT2D eigenvalue weighted by Gasteiger charge is 2.29. The van der Waals surface area contributed by atoms with E-state index in [1.165, 1.54) is 5.56 Å². The number of carbonyl (C=O) groups is 1. The van der Waals surface area contributed by atoms with E-state index in [1.807, 2.05) is 70.6 Å². The highest BCUT2D eigenvalue weighted by molar-refractivity contribution is 5.94. The van der Waals surface area contributed by atoms with Crippen molar-refractivity contribution in [2.75, 3.05) is 6.54 Å².